The van der Waals surface area contributed by atoms with Gasteiger partial charge in [0.15, 0.2) is 5.96 Å². The minimum absolute atomic E-state index is 0.534. The second-order valence-electron chi connectivity index (χ2n) is 3.79. The molecule has 0 spiro atoms. The number of nitrogens with one attached hydrogen (secondary N) is 2. The van der Waals surface area contributed by atoms with Crippen molar-refractivity contribution in [3.05, 3.63) is 23.9 Å². The summed E-state index contributed by atoms with van der Waals surface area (Å²) in [5, 5.41) is 6.49. The predicted molar refractivity (Wildman–Crippen MR) is 82.0 cm³/mol. The maximum atomic E-state index is 5.10. The number of hydrogen-bond donors (Lipinski definition) is 2. The van der Waals surface area contributed by atoms with Crippen molar-refractivity contribution >= 4 is 17.7 Å². The normalized spacial score (nSPS) is 11.2. The number of ether oxygens (including phenoxy) is 1. The first-order valence-corrected chi connectivity index (χ1v) is 7.70. The third-order valence-corrected chi connectivity index (χ3v) is 2.94. The number of rotatable bonds is 7. The van der Waals surface area contributed by atoms with Crippen molar-refractivity contribution in [3.8, 4) is 5.88 Å². The number of thioether (sulfide) groups is 1. The minimum atomic E-state index is 0.534. The van der Waals surface area contributed by atoms with Crippen LogP contribution in [0.3, 0.4) is 0 Å². The molecule has 0 amide bonds. The fourth-order valence-corrected chi connectivity index (χ4v) is 1.74. The SMILES string of the molecule is CCNC(=NCc1cccc(OC)n1)NCCSC. The van der Waals surface area contributed by atoms with Crippen LogP contribution in [0.5, 0.6) is 5.88 Å². The molecule has 0 aliphatic heterocycles. The van der Waals surface area contributed by atoms with Gasteiger partial charge in [0.25, 0.3) is 0 Å². The van der Waals surface area contributed by atoms with E-state index in [1.165, 1.54) is 0 Å². The molecule has 6 heteroatoms. The fraction of sp³-hybridized carbons (Fsp3) is 0.538. The van der Waals surface area contributed by atoms with Gasteiger partial charge in [-0.1, -0.05) is 6.07 Å². The molecule has 19 heavy (non-hydrogen) atoms. The van der Waals surface area contributed by atoms with Gasteiger partial charge < -0.3 is 15.4 Å². The van der Waals surface area contributed by atoms with Gasteiger partial charge in [-0.15, -0.1) is 0 Å². The highest BCUT2D eigenvalue weighted by Crippen LogP contribution is 2.07. The minimum Gasteiger partial charge on any atom is -0.481 e. The molecule has 0 aliphatic carbocycles. The third-order valence-electron chi connectivity index (χ3n) is 2.33. The second-order valence-corrected chi connectivity index (χ2v) is 4.77. The molecule has 0 unspecified atom stereocenters. The average Bonchev–Trinajstić information content (AvgIpc) is 2.45. The first kappa shape index (κ1) is 15.6. The van der Waals surface area contributed by atoms with Crippen LogP contribution in [-0.2, 0) is 6.54 Å². The lowest BCUT2D eigenvalue weighted by molar-refractivity contribution is 0.396. The number of hydrogen-bond acceptors (Lipinski definition) is 4. The molecule has 106 valence electrons. The summed E-state index contributed by atoms with van der Waals surface area (Å²) in [6.07, 6.45) is 2.09. The zero-order valence-corrected chi connectivity index (χ0v) is 12.6. The van der Waals surface area contributed by atoms with Gasteiger partial charge in [-0.05, 0) is 19.2 Å². The highest BCUT2D eigenvalue weighted by atomic mass is 32.2. The van der Waals surface area contributed by atoms with Crippen LogP contribution in [0, 0.1) is 0 Å². The van der Waals surface area contributed by atoms with Crippen LogP contribution in [0.2, 0.25) is 0 Å². The van der Waals surface area contributed by atoms with E-state index in [0.717, 1.165) is 30.5 Å². The molecule has 5 nitrogen and oxygen atoms in total. The Kier molecular flexibility index (Phi) is 7.81. The molecule has 1 aromatic heterocycles. The Hall–Kier alpha value is -1.43. The quantitative estimate of drug-likeness (QED) is 0.451. The summed E-state index contributed by atoms with van der Waals surface area (Å²) in [5.74, 6) is 2.50. The number of aliphatic imine (C=N–C) groups is 1. The van der Waals surface area contributed by atoms with Crippen LogP contribution in [-0.4, -0.2) is 43.2 Å². The number of guanidine groups is 1. The monoisotopic (exact) mass is 282 g/mol. The molecule has 0 aliphatic rings. The van der Waals surface area contributed by atoms with Gasteiger partial charge in [0.2, 0.25) is 5.88 Å². The third kappa shape index (κ3) is 6.33. The Labute approximate surface area is 119 Å². The smallest absolute Gasteiger partial charge is 0.213 e. The van der Waals surface area contributed by atoms with Crippen molar-refractivity contribution in [1.82, 2.24) is 15.6 Å². The van der Waals surface area contributed by atoms with Gasteiger partial charge in [0.05, 0.1) is 19.3 Å². The Bertz CT molecular complexity index is 398. The molecular weight excluding hydrogens is 260 g/mol. The summed E-state index contributed by atoms with van der Waals surface area (Å²) in [6, 6.07) is 5.69. The maximum Gasteiger partial charge on any atom is 0.213 e. The van der Waals surface area contributed by atoms with Gasteiger partial charge in [-0.2, -0.15) is 11.8 Å². The van der Waals surface area contributed by atoms with Crippen LogP contribution in [0.4, 0.5) is 0 Å². The number of nitrogens with zero attached hydrogens (tertiary/aromatic N) is 2. The molecule has 1 heterocycles. The topological polar surface area (TPSA) is 58.5 Å². The molecule has 0 saturated carbocycles. The molecular formula is C13H22N4OS. The van der Waals surface area contributed by atoms with Gasteiger partial charge in [-0.25, -0.2) is 9.98 Å². The van der Waals surface area contributed by atoms with E-state index in [2.05, 4.69) is 33.8 Å². The molecule has 1 aromatic rings. The molecule has 0 saturated heterocycles. The first-order valence-electron chi connectivity index (χ1n) is 6.31. The van der Waals surface area contributed by atoms with E-state index in [0.29, 0.717) is 12.4 Å². The zero-order chi connectivity index (χ0) is 13.9. The highest BCUT2D eigenvalue weighted by molar-refractivity contribution is 7.98. The number of methoxy groups -OCH3 is 1. The standard InChI is InChI=1S/C13H22N4OS/c1-4-14-13(15-8-9-19-3)16-10-11-6-5-7-12(17-11)18-2/h5-7H,4,8-10H2,1-3H3,(H2,14,15,16). The predicted octanol–water partition coefficient (Wildman–Crippen LogP) is 1.51. The average molecular weight is 282 g/mol. The lowest BCUT2D eigenvalue weighted by Crippen LogP contribution is -2.38. The van der Waals surface area contributed by atoms with Gasteiger partial charge >= 0.3 is 0 Å². The summed E-state index contributed by atoms with van der Waals surface area (Å²) >= 11 is 1.81. The summed E-state index contributed by atoms with van der Waals surface area (Å²) in [4.78, 5) is 8.83. The summed E-state index contributed by atoms with van der Waals surface area (Å²) in [7, 11) is 1.61. The Morgan fingerprint density at radius 1 is 1.42 bits per heavy atom. The Balaban J connectivity index is 2.57. The zero-order valence-electron chi connectivity index (χ0n) is 11.8. The van der Waals surface area contributed by atoms with E-state index >= 15 is 0 Å². The Morgan fingerprint density at radius 3 is 2.95 bits per heavy atom. The van der Waals surface area contributed by atoms with Crippen molar-refractivity contribution in [2.45, 2.75) is 13.5 Å². The van der Waals surface area contributed by atoms with E-state index in [1.54, 1.807) is 18.9 Å². The maximum absolute atomic E-state index is 5.10. The lowest BCUT2D eigenvalue weighted by atomic mass is 10.3. The number of aromatic nitrogens is 1. The summed E-state index contributed by atoms with van der Waals surface area (Å²) in [6.45, 7) is 4.33. The van der Waals surface area contributed by atoms with Crippen LogP contribution < -0.4 is 15.4 Å². The van der Waals surface area contributed by atoms with Gasteiger partial charge in [0.1, 0.15) is 0 Å². The lowest BCUT2D eigenvalue weighted by Gasteiger charge is -2.10. The highest BCUT2D eigenvalue weighted by Gasteiger charge is 1.99. The van der Waals surface area contributed by atoms with Crippen molar-refractivity contribution < 1.29 is 4.74 Å². The summed E-state index contributed by atoms with van der Waals surface area (Å²) in [5.41, 5.74) is 0.890. The van der Waals surface area contributed by atoms with Crippen LogP contribution in [0.15, 0.2) is 23.2 Å². The molecule has 0 fully saturated rings. The van der Waals surface area contributed by atoms with E-state index < -0.39 is 0 Å². The summed E-state index contributed by atoms with van der Waals surface area (Å²) < 4.78 is 5.10. The van der Waals surface area contributed by atoms with E-state index in [1.807, 2.05) is 18.2 Å². The van der Waals surface area contributed by atoms with E-state index in [9.17, 15) is 0 Å². The van der Waals surface area contributed by atoms with E-state index in [4.69, 9.17) is 4.74 Å². The van der Waals surface area contributed by atoms with Crippen LogP contribution in [0.25, 0.3) is 0 Å². The molecule has 0 aromatic carbocycles. The second kappa shape index (κ2) is 9.49. The van der Waals surface area contributed by atoms with Crippen LogP contribution >= 0.6 is 11.8 Å². The Morgan fingerprint density at radius 2 is 2.26 bits per heavy atom. The molecule has 0 bridgehead atoms. The number of pyridine rings is 1. The molecule has 0 radical (unpaired) electrons. The van der Waals surface area contributed by atoms with Crippen molar-refractivity contribution in [2.24, 2.45) is 4.99 Å². The van der Waals surface area contributed by atoms with Crippen molar-refractivity contribution in [3.63, 3.8) is 0 Å². The van der Waals surface area contributed by atoms with Crippen molar-refractivity contribution in [1.29, 1.82) is 0 Å². The first-order chi connectivity index (χ1) is 9.30. The van der Waals surface area contributed by atoms with E-state index in [-0.39, 0.29) is 0 Å². The van der Waals surface area contributed by atoms with Gasteiger partial charge in [0, 0.05) is 24.9 Å². The van der Waals surface area contributed by atoms with Crippen molar-refractivity contribution in [2.75, 3.05) is 32.2 Å². The molecule has 1 rings (SSSR count). The molecule has 0 atom stereocenters. The van der Waals surface area contributed by atoms with Gasteiger partial charge in [-0.3, -0.25) is 0 Å². The molecule has 2 N–H and O–H groups in total. The largest absolute Gasteiger partial charge is 0.481 e. The fourth-order valence-electron chi connectivity index (χ4n) is 1.43. The van der Waals surface area contributed by atoms with Crippen LogP contribution in [0.1, 0.15) is 12.6 Å².